The molecule has 9 heteroatoms. The van der Waals surface area contributed by atoms with E-state index in [2.05, 4.69) is 82.1 Å². The first-order chi connectivity index (χ1) is 20.6. The number of urea groups is 1. The highest BCUT2D eigenvalue weighted by Gasteiger charge is 2.19. The van der Waals surface area contributed by atoms with Gasteiger partial charge in [0.05, 0.1) is 32.5 Å². The lowest BCUT2D eigenvalue weighted by Crippen LogP contribution is -2.43. The number of hydrogen-bond donors (Lipinski definition) is 1. The van der Waals surface area contributed by atoms with Gasteiger partial charge in [0.1, 0.15) is 0 Å². The van der Waals surface area contributed by atoms with Crippen LogP contribution in [-0.4, -0.2) is 100 Å². The van der Waals surface area contributed by atoms with Crippen molar-refractivity contribution in [1.82, 2.24) is 19.4 Å². The third-order valence-corrected chi connectivity index (χ3v) is 8.65. The molecule has 4 rings (SSSR count). The molecule has 0 aromatic heterocycles. The van der Waals surface area contributed by atoms with Crippen molar-refractivity contribution in [2.24, 2.45) is 0 Å². The molecule has 0 aliphatic carbocycles. The van der Waals surface area contributed by atoms with Gasteiger partial charge in [-0.3, -0.25) is 4.90 Å². The Morgan fingerprint density at radius 1 is 0.952 bits per heavy atom. The molecule has 1 heterocycles. The lowest BCUT2D eigenvalue weighted by molar-refractivity contribution is 0.0364. The van der Waals surface area contributed by atoms with E-state index in [1.165, 1.54) is 10.8 Å². The number of amides is 2. The lowest BCUT2D eigenvalue weighted by atomic mass is 10.00. The number of hydrogen-bond acceptors (Lipinski definition) is 7. The van der Waals surface area contributed by atoms with Crippen LogP contribution in [0.4, 0.5) is 4.79 Å². The molecule has 8 nitrogen and oxygen atoms in total. The van der Waals surface area contributed by atoms with Crippen LogP contribution in [-0.2, 0) is 20.8 Å². The van der Waals surface area contributed by atoms with Crippen molar-refractivity contribution in [3.05, 3.63) is 77.9 Å². The molecule has 0 spiro atoms. The molecule has 1 saturated heterocycles. The van der Waals surface area contributed by atoms with Crippen LogP contribution in [0.2, 0.25) is 0 Å². The summed E-state index contributed by atoms with van der Waals surface area (Å²) in [5.74, 6) is 0. The van der Waals surface area contributed by atoms with E-state index in [1.807, 2.05) is 11.0 Å². The van der Waals surface area contributed by atoms with E-state index in [0.29, 0.717) is 26.3 Å². The van der Waals surface area contributed by atoms with E-state index in [4.69, 9.17) is 14.2 Å². The van der Waals surface area contributed by atoms with Crippen LogP contribution < -0.4 is 5.32 Å². The summed E-state index contributed by atoms with van der Waals surface area (Å²) in [4.78, 5) is 19.2. The Hall–Kier alpha value is -2.66. The molecule has 1 unspecified atom stereocenters. The van der Waals surface area contributed by atoms with Crippen molar-refractivity contribution in [1.29, 1.82) is 0 Å². The van der Waals surface area contributed by atoms with Crippen molar-refractivity contribution in [3.8, 4) is 0 Å². The van der Waals surface area contributed by atoms with Crippen LogP contribution in [0.5, 0.6) is 0 Å². The number of rotatable bonds is 16. The molecule has 1 fully saturated rings. The van der Waals surface area contributed by atoms with Gasteiger partial charge in [-0.1, -0.05) is 54.6 Å². The number of morpholine rings is 1. The molecule has 1 atom stereocenters. The van der Waals surface area contributed by atoms with Gasteiger partial charge in [0.2, 0.25) is 0 Å². The maximum absolute atomic E-state index is 13.7. The van der Waals surface area contributed by atoms with E-state index in [1.54, 1.807) is 26.2 Å². The average molecular weight is 595 g/mol. The molecule has 42 heavy (non-hydrogen) atoms. The SMILES string of the molecule is COCCN(CCOC)Sc1ccc(CN(CCCN2CCOCC2)C(=O)NC(C)c2cccc3ccccc23)cc1. The molecule has 0 bridgehead atoms. The van der Waals surface area contributed by atoms with Gasteiger partial charge in [0.15, 0.2) is 0 Å². The topological polar surface area (TPSA) is 66.5 Å². The summed E-state index contributed by atoms with van der Waals surface area (Å²) in [6, 6.07) is 23.0. The fourth-order valence-corrected chi connectivity index (χ4v) is 6.05. The highest BCUT2D eigenvalue weighted by molar-refractivity contribution is 7.97. The standard InChI is InChI=1S/C33H46N4O4S/c1-27(31-11-6-9-29-8-4-5-10-32(29)31)34-33(38)36(17-7-16-35-18-24-41-25-19-35)26-28-12-14-30(15-13-28)42-37(20-22-39-2)21-23-40-3/h4-6,8-15,27H,7,16-26H2,1-3H3,(H,34,38). The number of fused-ring (bicyclic) bond motifs is 1. The van der Waals surface area contributed by atoms with Gasteiger partial charge in [-0.2, -0.15) is 0 Å². The second-order valence-electron chi connectivity index (χ2n) is 10.6. The van der Waals surface area contributed by atoms with Crippen molar-refractivity contribution >= 4 is 28.8 Å². The number of ether oxygens (including phenoxy) is 3. The predicted molar refractivity (Wildman–Crippen MR) is 171 cm³/mol. The van der Waals surface area contributed by atoms with Gasteiger partial charge in [-0.15, -0.1) is 0 Å². The zero-order chi connectivity index (χ0) is 29.6. The first-order valence-electron chi connectivity index (χ1n) is 14.9. The minimum Gasteiger partial charge on any atom is -0.383 e. The average Bonchev–Trinajstić information content (AvgIpc) is 3.02. The Morgan fingerprint density at radius 3 is 2.36 bits per heavy atom. The second-order valence-corrected chi connectivity index (χ2v) is 11.8. The number of carbonyl (C=O) groups is 1. The van der Waals surface area contributed by atoms with Gasteiger partial charge in [0, 0.05) is 64.9 Å². The zero-order valence-electron chi connectivity index (χ0n) is 25.3. The van der Waals surface area contributed by atoms with E-state index in [-0.39, 0.29) is 12.1 Å². The van der Waals surface area contributed by atoms with Crippen molar-refractivity contribution < 1.29 is 19.0 Å². The molecule has 1 N–H and O–H groups in total. The number of methoxy groups -OCH3 is 2. The fourth-order valence-electron chi connectivity index (χ4n) is 5.16. The minimum atomic E-state index is -0.116. The summed E-state index contributed by atoms with van der Waals surface area (Å²) in [7, 11) is 3.44. The highest BCUT2D eigenvalue weighted by atomic mass is 32.2. The second kappa shape index (κ2) is 17.5. The number of carbonyl (C=O) groups excluding carboxylic acids is 1. The summed E-state index contributed by atoms with van der Waals surface area (Å²) in [6.45, 7) is 10.7. The summed E-state index contributed by atoms with van der Waals surface area (Å²) in [5, 5.41) is 5.64. The Balaban J connectivity index is 1.42. The summed E-state index contributed by atoms with van der Waals surface area (Å²) in [6.07, 6.45) is 0.915. The Labute approximate surface area is 255 Å². The number of nitrogens with one attached hydrogen (secondary N) is 1. The molecule has 1 aliphatic heterocycles. The van der Waals surface area contributed by atoms with Crippen LogP contribution in [0.25, 0.3) is 10.8 Å². The number of nitrogens with zero attached hydrogens (tertiary/aromatic N) is 3. The normalized spacial score (nSPS) is 14.8. The first kappa shape index (κ1) is 32.3. The largest absolute Gasteiger partial charge is 0.383 e. The number of benzene rings is 3. The Morgan fingerprint density at radius 2 is 1.64 bits per heavy atom. The van der Waals surface area contributed by atoms with Crippen LogP contribution >= 0.6 is 11.9 Å². The quantitative estimate of drug-likeness (QED) is 0.222. The fraction of sp³-hybridized carbons (Fsp3) is 0.485. The van der Waals surface area contributed by atoms with E-state index >= 15 is 0 Å². The minimum absolute atomic E-state index is 0.0406. The van der Waals surface area contributed by atoms with Gasteiger partial charge < -0.3 is 24.4 Å². The molecule has 0 radical (unpaired) electrons. The maximum Gasteiger partial charge on any atom is 0.318 e. The summed E-state index contributed by atoms with van der Waals surface area (Å²) >= 11 is 1.70. The Kier molecular flexibility index (Phi) is 13.4. The maximum atomic E-state index is 13.7. The van der Waals surface area contributed by atoms with E-state index in [0.717, 1.165) is 68.4 Å². The lowest BCUT2D eigenvalue weighted by Gasteiger charge is -2.29. The van der Waals surface area contributed by atoms with Gasteiger partial charge in [0.25, 0.3) is 0 Å². The van der Waals surface area contributed by atoms with Crippen molar-refractivity contribution in [2.75, 3.05) is 79.9 Å². The molecule has 0 saturated carbocycles. The van der Waals surface area contributed by atoms with Crippen molar-refractivity contribution in [2.45, 2.75) is 30.8 Å². The van der Waals surface area contributed by atoms with Gasteiger partial charge in [-0.05, 0) is 59.3 Å². The Bertz CT molecular complexity index is 1210. The molecule has 3 aromatic rings. The van der Waals surface area contributed by atoms with Gasteiger partial charge >= 0.3 is 6.03 Å². The third kappa shape index (κ3) is 9.97. The molecule has 2 amide bonds. The molecular formula is C33H46N4O4S. The third-order valence-electron chi connectivity index (χ3n) is 7.54. The van der Waals surface area contributed by atoms with E-state index < -0.39 is 0 Å². The highest BCUT2D eigenvalue weighted by Crippen LogP contribution is 2.25. The van der Waals surface area contributed by atoms with Gasteiger partial charge in [-0.25, -0.2) is 9.10 Å². The van der Waals surface area contributed by atoms with Crippen LogP contribution in [0.3, 0.4) is 0 Å². The molecule has 1 aliphatic rings. The molecule has 228 valence electrons. The van der Waals surface area contributed by atoms with Crippen LogP contribution in [0.15, 0.2) is 71.6 Å². The van der Waals surface area contributed by atoms with Crippen LogP contribution in [0.1, 0.15) is 30.5 Å². The monoisotopic (exact) mass is 594 g/mol. The summed E-state index contributed by atoms with van der Waals surface area (Å²) in [5.41, 5.74) is 2.24. The first-order valence-corrected chi connectivity index (χ1v) is 15.7. The predicted octanol–water partition coefficient (Wildman–Crippen LogP) is 5.44. The smallest absolute Gasteiger partial charge is 0.318 e. The van der Waals surface area contributed by atoms with Crippen LogP contribution in [0, 0.1) is 0 Å². The zero-order valence-corrected chi connectivity index (χ0v) is 26.1. The van der Waals surface area contributed by atoms with E-state index in [9.17, 15) is 4.79 Å². The molecular weight excluding hydrogens is 548 g/mol. The van der Waals surface area contributed by atoms with Crippen molar-refractivity contribution in [3.63, 3.8) is 0 Å². The molecule has 3 aromatic carbocycles. The summed E-state index contributed by atoms with van der Waals surface area (Å²) < 4.78 is 18.3.